The Morgan fingerprint density at radius 3 is 2.25 bits per heavy atom. The largest absolute Gasteiger partial charge is 0.453 e. The number of methoxy groups -OCH3 is 1. The van der Waals surface area contributed by atoms with Crippen LogP contribution < -0.4 is 5.73 Å². The molecule has 10 heteroatoms. The fourth-order valence-electron chi connectivity index (χ4n) is 1.12. The van der Waals surface area contributed by atoms with Crippen LogP contribution in [0.4, 0.5) is 4.79 Å². The number of rotatable bonds is 5. The molecule has 1 heterocycles. The number of amides is 3. The highest BCUT2D eigenvalue weighted by Gasteiger charge is 2.22. The van der Waals surface area contributed by atoms with E-state index in [-0.39, 0.29) is 24.8 Å². The molecule has 0 aliphatic carbocycles. The fourth-order valence-corrected chi connectivity index (χ4v) is 1.20. The average molecular weight is 303 g/mol. The maximum absolute atomic E-state index is 11.1. The Morgan fingerprint density at radius 1 is 1.35 bits per heavy atom. The molecule has 2 N–H and O–H groups in total. The quantitative estimate of drug-likeness (QED) is 0.540. The maximum Gasteiger partial charge on any atom is 0.404 e. The molecule has 20 heavy (non-hydrogen) atoms. The summed E-state index contributed by atoms with van der Waals surface area (Å²) in [6.45, 7) is 0.192. The van der Waals surface area contributed by atoms with Crippen molar-refractivity contribution in [3.8, 4) is 0 Å². The molecule has 1 aliphatic rings. The van der Waals surface area contributed by atoms with Gasteiger partial charge in [0, 0.05) is 25.1 Å². The number of hydrogen-bond donors (Lipinski definition) is 1. The molecule has 0 fully saturated rings. The Hall–Kier alpha value is -2.36. The van der Waals surface area contributed by atoms with Crippen LogP contribution in [-0.4, -0.2) is 42.4 Å². The number of nitrogens with zero attached hydrogens (tertiary/aromatic N) is 2. The van der Waals surface area contributed by atoms with Crippen LogP contribution in [0.15, 0.2) is 16.7 Å². The number of carbonyl (C=O) groups excluding carboxylic acids is 4. The predicted octanol–water partition coefficient (Wildman–Crippen LogP) is -0.408. The van der Waals surface area contributed by atoms with E-state index in [1.165, 1.54) is 19.3 Å². The number of nitrogens with two attached hydrogens (primary N) is 1. The van der Waals surface area contributed by atoms with Gasteiger partial charge in [0.05, 0.1) is 19.5 Å². The second-order valence-electron chi connectivity index (χ2n) is 3.33. The van der Waals surface area contributed by atoms with E-state index in [4.69, 9.17) is 0 Å². The van der Waals surface area contributed by atoms with Crippen LogP contribution in [-0.2, 0) is 36.4 Å². The molecule has 0 unspecified atom stereocenters. The summed E-state index contributed by atoms with van der Waals surface area (Å²) in [5, 5.41) is 0. The van der Waals surface area contributed by atoms with Crippen molar-refractivity contribution in [1.82, 2.24) is 4.90 Å². The van der Waals surface area contributed by atoms with Gasteiger partial charge in [-0.25, -0.2) is 9.59 Å². The van der Waals surface area contributed by atoms with Gasteiger partial charge in [0.25, 0.3) is 11.8 Å². The van der Waals surface area contributed by atoms with E-state index in [1.807, 2.05) is 0 Å². The minimum atomic E-state index is -0.745. The number of ether oxygens (including phenoxy) is 1. The zero-order valence-electron chi connectivity index (χ0n) is 10.6. The van der Waals surface area contributed by atoms with E-state index >= 15 is 0 Å². The molecule has 1 rings (SSSR count). The number of primary amides is 1. The van der Waals surface area contributed by atoms with Gasteiger partial charge in [-0.1, -0.05) is 0 Å². The number of hydrogen-bond acceptors (Lipinski definition) is 8. The third-order valence-corrected chi connectivity index (χ3v) is 2.08. The SMILES string of the molecule is COC(N)=O.O=C(CCCN1C(=O)C=CC1=O)ON=S. The lowest BCUT2D eigenvalue weighted by Gasteiger charge is -2.12. The summed E-state index contributed by atoms with van der Waals surface area (Å²) in [7, 11) is 1.22. The van der Waals surface area contributed by atoms with Crippen LogP contribution in [0.2, 0.25) is 0 Å². The first-order valence-corrected chi connectivity index (χ1v) is 5.68. The Kier molecular flexibility index (Phi) is 8.43. The summed E-state index contributed by atoms with van der Waals surface area (Å²) in [5.41, 5.74) is 4.43. The van der Waals surface area contributed by atoms with Gasteiger partial charge in [-0.15, -0.1) is 0 Å². The predicted molar refractivity (Wildman–Crippen MR) is 67.6 cm³/mol. The third kappa shape index (κ3) is 7.16. The van der Waals surface area contributed by atoms with Crippen molar-refractivity contribution in [1.29, 1.82) is 0 Å². The average Bonchev–Trinajstić information content (AvgIpc) is 2.71. The van der Waals surface area contributed by atoms with Crippen LogP contribution in [0.5, 0.6) is 0 Å². The molecule has 3 amide bonds. The first kappa shape index (κ1) is 17.6. The highest BCUT2D eigenvalue weighted by Crippen LogP contribution is 2.05. The van der Waals surface area contributed by atoms with Crippen molar-refractivity contribution in [2.75, 3.05) is 13.7 Å². The van der Waals surface area contributed by atoms with Crippen molar-refractivity contribution >= 4 is 36.3 Å². The smallest absolute Gasteiger partial charge is 0.404 e. The Bertz CT molecular complexity index is 419. The molecule has 0 bridgehead atoms. The molecule has 0 saturated carbocycles. The minimum Gasteiger partial charge on any atom is -0.453 e. The normalized spacial score (nSPS) is 12.6. The first-order chi connectivity index (χ1) is 9.42. The summed E-state index contributed by atoms with van der Waals surface area (Å²) in [5.74, 6) is -1.29. The van der Waals surface area contributed by atoms with Crippen molar-refractivity contribution in [3.05, 3.63) is 12.2 Å². The number of carbonyl (C=O) groups is 4. The topological polar surface area (TPSA) is 128 Å². The lowest BCUT2D eigenvalue weighted by atomic mass is 10.3. The Labute approximate surface area is 119 Å². The van der Waals surface area contributed by atoms with Gasteiger partial charge in [0.1, 0.15) is 0 Å². The summed E-state index contributed by atoms with van der Waals surface area (Å²) in [4.78, 5) is 47.5. The highest BCUT2D eigenvalue weighted by molar-refractivity contribution is 7.47. The molecule has 0 radical (unpaired) electrons. The van der Waals surface area contributed by atoms with Gasteiger partial charge < -0.3 is 15.3 Å². The van der Waals surface area contributed by atoms with Gasteiger partial charge in [-0.2, -0.15) is 0 Å². The van der Waals surface area contributed by atoms with E-state index < -0.39 is 12.1 Å². The highest BCUT2D eigenvalue weighted by atomic mass is 32.1. The van der Waals surface area contributed by atoms with E-state index in [9.17, 15) is 19.2 Å². The van der Waals surface area contributed by atoms with Crippen molar-refractivity contribution in [3.63, 3.8) is 0 Å². The Morgan fingerprint density at radius 2 is 1.85 bits per heavy atom. The zero-order valence-corrected chi connectivity index (χ0v) is 11.4. The van der Waals surface area contributed by atoms with Gasteiger partial charge in [-0.05, 0) is 10.9 Å². The van der Waals surface area contributed by atoms with Gasteiger partial charge in [0.15, 0.2) is 0 Å². The second kappa shape index (κ2) is 9.55. The van der Waals surface area contributed by atoms with Gasteiger partial charge in [0.2, 0.25) is 0 Å². The van der Waals surface area contributed by atoms with Crippen molar-refractivity contribution in [2.45, 2.75) is 12.8 Å². The van der Waals surface area contributed by atoms with E-state index in [1.54, 1.807) is 0 Å². The Balaban J connectivity index is 0.000000621. The first-order valence-electron chi connectivity index (χ1n) is 5.31. The zero-order chi connectivity index (χ0) is 15.5. The lowest BCUT2D eigenvalue weighted by Crippen LogP contribution is -2.31. The van der Waals surface area contributed by atoms with Gasteiger partial charge >= 0.3 is 12.1 Å². The van der Waals surface area contributed by atoms with E-state index in [0.29, 0.717) is 6.42 Å². The summed E-state index contributed by atoms with van der Waals surface area (Å²) >= 11 is 4.08. The summed E-state index contributed by atoms with van der Waals surface area (Å²) in [6, 6.07) is 0. The standard InChI is InChI=1S/C8H8N2O4S.C2H5NO2/c11-6-3-4-7(12)10(6)5-1-2-8(13)14-9-15;1-5-2(3)4/h3-4H,1-2,5H2;1H3,(H2,3,4). The molecule has 0 atom stereocenters. The van der Waals surface area contributed by atoms with E-state index in [0.717, 1.165) is 4.90 Å². The maximum atomic E-state index is 11.1. The summed E-state index contributed by atoms with van der Waals surface area (Å²) < 4.78 is 6.68. The molecule has 0 saturated heterocycles. The van der Waals surface area contributed by atoms with Crippen LogP contribution in [0.25, 0.3) is 0 Å². The second-order valence-corrected chi connectivity index (χ2v) is 3.48. The molecular weight excluding hydrogens is 290 g/mol. The molecule has 0 spiro atoms. The van der Waals surface area contributed by atoms with E-state index in [2.05, 4.69) is 32.3 Å². The monoisotopic (exact) mass is 303 g/mol. The van der Waals surface area contributed by atoms with Crippen LogP contribution in [0, 0.1) is 0 Å². The molecule has 0 aromatic heterocycles. The van der Waals surface area contributed by atoms with Gasteiger partial charge in [-0.3, -0.25) is 14.5 Å². The fraction of sp³-hybridized carbons (Fsp3) is 0.400. The van der Waals surface area contributed by atoms with Crippen LogP contribution >= 0.6 is 0 Å². The minimum absolute atomic E-state index is 0.0667. The molecule has 9 nitrogen and oxygen atoms in total. The number of imide groups is 1. The molecule has 0 aromatic rings. The van der Waals surface area contributed by atoms with Crippen LogP contribution in [0.1, 0.15) is 12.8 Å². The lowest BCUT2D eigenvalue weighted by molar-refractivity contribution is -0.144. The molecule has 110 valence electrons. The van der Waals surface area contributed by atoms with Crippen molar-refractivity contribution in [2.24, 2.45) is 10.3 Å². The third-order valence-electron chi connectivity index (χ3n) is 2.00. The van der Waals surface area contributed by atoms with Crippen molar-refractivity contribution < 1.29 is 28.8 Å². The molecular formula is C10H13N3O6S. The summed E-state index contributed by atoms with van der Waals surface area (Å²) in [6.07, 6.45) is 2.04. The molecule has 0 aromatic carbocycles. The molecule has 1 aliphatic heterocycles. The van der Waals surface area contributed by atoms with Crippen LogP contribution in [0.3, 0.4) is 0 Å².